The molecule has 47 heavy (non-hydrogen) atoms. The molecule has 0 unspecified atom stereocenters. The monoisotopic (exact) mass is 648 g/mol. The molecule has 0 aromatic heterocycles. The van der Waals surface area contributed by atoms with Crippen molar-refractivity contribution in [3.63, 3.8) is 0 Å². The van der Waals surface area contributed by atoms with Crippen LogP contribution in [0.1, 0.15) is 60.7 Å². The number of urea groups is 1. The van der Waals surface area contributed by atoms with Crippen LogP contribution in [0.15, 0.2) is 72.8 Å². The Labute approximate surface area is 275 Å². The van der Waals surface area contributed by atoms with E-state index >= 15 is 0 Å². The summed E-state index contributed by atoms with van der Waals surface area (Å²) in [5.41, 5.74) is 1.64. The third-order valence-corrected chi connectivity index (χ3v) is 8.24. The summed E-state index contributed by atoms with van der Waals surface area (Å²) in [4.78, 5) is 43.3. The summed E-state index contributed by atoms with van der Waals surface area (Å²) < 4.78 is 25.9. The molecule has 4 amide bonds. The van der Waals surface area contributed by atoms with Crippen molar-refractivity contribution < 1.29 is 33.4 Å². The first-order chi connectivity index (χ1) is 22.5. The Kier molecular flexibility index (Phi) is 12.7. The summed E-state index contributed by atoms with van der Waals surface area (Å²) in [6.07, 6.45) is 1.68. The number of halogens is 1. The molecule has 4 atom stereocenters. The molecule has 11 heteroatoms. The number of aliphatic hydroxyl groups excluding tert-OH is 1. The number of nitrogens with zero attached hydrogens (tertiary/aromatic N) is 2. The average Bonchev–Trinajstić information content (AvgIpc) is 3.07. The van der Waals surface area contributed by atoms with E-state index in [1.807, 2.05) is 19.9 Å². The van der Waals surface area contributed by atoms with E-state index in [0.29, 0.717) is 29.3 Å². The van der Waals surface area contributed by atoms with Gasteiger partial charge in [-0.15, -0.1) is 0 Å². The van der Waals surface area contributed by atoms with E-state index in [-0.39, 0.29) is 55.1 Å². The van der Waals surface area contributed by atoms with Gasteiger partial charge in [-0.2, -0.15) is 0 Å². The molecule has 0 fully saturated rings. The zero-order valence-electron chi connectivity index (χ0n) is 27.4. The zero-order chi connectivity index (χ0) is 33.9. The van der Waals surface area contributed by atoms with E-state index < -0.39 is 18.0 Å². The summed E-state index contributed by atoms with van der Waals surface area (Å²) in [5.74, 6) is -0.929. The molecule has 0 aliphatic carbocycles. The van der Waals surface area contributed by atoms with E-state index in [0.717, 1.165) is 19.3 Å². The third kappa shape index (κ3) is 10.0. The topological polar surface area (TPSA) is 120 Å². The number of carbonyl (C=O) groups is 3. The molecule has 3 aromatic rings. The smallest absolute Gasteiger partial charge is 0.321 e. The van der Waals surface area contributed by atoms with E-state index in [1.165, 1.54) is 29.2 Å². The van der Waals surface area contributed by atoms with E-state index in [9.17, 15) is 23.9 Å². The number of anilines is 2. The van der Waals surface area contributed by atoms with E-state index in [1.54, 1.807) is 61.3 Å². The van der Waals surface area contributed by atoms with E-state index in [2.05, 4.69) is 10.6 Å². The normalized spacial score (nSPS) is 19.8. The Morgan fingerprint density at radius 1 is 1.02 bits per heavy atom. The number of nitrogens with one attached hydrogen (secondary N) is 2. The van der Waals surface area contributed by atoms with Gasteiger partial charge in [-0.3, -0.25) is 9.59 Å². The van der Waals surface area contributed by atoms with Gasteiger partial charge < -0.3 is 35.0 Å². The van der Waals surface area contributed by atoms with Gasteiger partial charge in [-0.25, -0.2) is 9.18 Å². The van der Waals surface area contributed by atoms with Crippen LogP contribution in [-0.4, -0.2) is 84.4 Å². The second-order valence-electron chi connectivity index (χ2n) is 12.1. The average molecular weight is 649 g/mol. The molecule has 1 aliphatic heterocycles. The Morgan fingerprint density at radius 2 is 1.72 bits per heavy atom. The van der Waals surface area contributed by atoms with Crippen LogP contribution in [0.4, 0.5) is 20.6 Å². The quantitative estimate of drug-likeness (QED) is 0.288. The molecular formula is C36H45FN4O6. The lowest BCUT2D eigenvalue weighted by molar-refractivity contribution is -0.0115. The van der Waals surface area contributed by atoms with Crippen LogP contribution in [0.3, 0.4) is 0 Å². The molecule has 252 valence electrons. The summed E-state index contributed by atoms with van der Waals surface area (Å²) in [5, 5.41) is 15.8. The highest BCUT2D eigenvalue weighted by atomic mass is 19.1. The van der Waals surface area contributed by atoms with Crippen molar-refractivity contribution >= 4 is 29.2 Å². The second-order valence-corrected chi connectivity index (χ2v) is 12.1. The summed E-state index contributed by atoms with van der Waals surface area (Å²) in [7, 11) is 1.65. The molecule has 1 aliphatic rings. The highest BCUT2D eigenvalue weighted by molar-refractivity contribution is 6.05. The van der Waals surface area contributed by atoms with Gasteiger partial charge in [-0.1, -0.05) is 25.1 Å². The Hall–Kier alpha value is -4.48. The number of ether oxygens (including phenoxy) is 2. The Morgan fingerprint density at radius 3 is 2.43 bits per heavy atom. The van der Waals surface area contributed by atoms with Gasteiger partial charge in [0.05, 0.1) is 30.4 Å². The molecule has 10 nitrogen and oxygen atoms in total. The van der Waals surface area contributed by atoms with E-state index in [4.69, 9.17) is 9.47 Å². The van der Waals surface area contributed by atoms with Crippen molar-refractivity contribution in [3.8, 4) is 5.75 Å². The number of fused-ring (bicyclic) bond motifs is 1. The summed E-state index contributed by atoms with van der Waals surface area (Å²) in [6, 6.07) is 18.4. The van der Waals surface area contributed by atoms with Crippen molar-refractivity contribution in [2.75, 3.05) is 44.0 Å². The number of hydrogen-bond acceptors (Lipinski definition) is 6. The maximum Gasteiger partial charge on any atom is 0.321 e. The minimum absolute atomic E-state index is 0.200. The van der Waals surface area contributed by atoms with Crippen LogP contribution in [0.2, 0.25) is 0 Å². The maximum atomic E-state index is 14.3. The number of rotatable bonds is 7. The fourth-order valence-corrected chi connectivity index (χ4v) is 5.36. The SMILES string of the molecule is C[C@@H]1CCCCO[C@H](CN(C)C(=O)Nc2ccc(F)cc2)[C@H](C)CN([C@H](C)CO)C(=O)c2cc(NC(=O)c3ccccc3)ccc2O1. The summed E-state index contributed by atoms with van der Waals surface area (Å²) in [6.45, 7) is 6.28. The van der Waals surface area contributed by atoms with Gasteiger partial charge in [-0.05, 0) is 87.7 Å². The number of amides is 4. The number of aliphatic hydroxyl groups is 1. The highest BCUT2D eigenvalue weighted by Crippen LogP contribution is 2.29. The van der Waals surface area contributed by atoms with Gasteiger partial charge in [0.1, 0.15) is 11.6 Å². The fraction of sp³-hybridized carbons (Fsp3) is 0.417. The Bertz CT molecular complexity index is 1490. The maximum absolute atomic E-state index is 14.3. The lowest BCUT2D eigenvalue weighted by Gasteiger charge is -2.35. The Balaban J connectivity index is 1.59. The predicted octanol–water partition coefficient (Wildman–Crippen LogP) is 6.04. The molecular weight excluding hydrogens is 603 g/mol. The summed E-state index contributed by atoms with van der Waals surface area (Å²) >= 11 is 0. The van der Waals surface area contributed by atoms with Gasteiger partial charge in [0, 0.05) is 49.6 Å². The van der Waals surface area contributed by atoms with Crippen molar-refractivity contribution in [3.05, 3.63) is 89.7 Å². The van der Waals surface area contributed by atoms with Crippen LogP contribution in [0.25, 0.3) is 0 Å². The first-order valence-electron chi connectivity index (χ1n) is 16.0. The molecule has 3 N–H and O–H groups in total. The lowest BCUT2D eigenvalue weighted by atomic mass is 10.0. The molecule has 0 spiro atoms. The number of likely N-dealkylation sites (N-methyl/N-ethyl adjacent to an activating group) is 1. The molecule has 3 aromatic carbocycles. The molecule has 0 radical (unpaired) electrons. The highest BCUT2D eigenvalue weighted by Gasteiger charge is 2.31. The largest absolute Gasteiger partial charge is 0.490 e. The third-order valence-electron chi connectivity index (χ3n) is 8.24. The number of hydrogen-bond donors (Lipinski definition) is 3. The van der Waals surface area contributed by atoms with Gasteiger partial charge in [0.2, 0.25) is 0 Å². The molecule has 0 bridgehead atoms. The molecule has 1 heterocycles. The van der Waals surface area contributed by atoms with Crippen LogP contribution in [-0.2, 0) is 4.74 Å². The van der Waals surface area contributed by atoms with Crippen molar-refractivity contribution in [1.82, 2.24) is 9.80 Å². The minimum Gasteiger partial charge on any atom is -0.490 e. The zero-order valence-corrected chi connectivity index (χ0v) is 27.4. The molecule has 0 saturated heterocycles. The van der Waals surface area contributed by atoms with Crippen LogP contribution in [0.5, 0.6) is 5.75 Å². The number of carbonyl (C=O) groups excluding carboxylic acids is 3. The van der Waals surface area contributed by atoms with Crippen LogP contribution >= 0.6 is 0 Å². The first kappa shape index (κ1) is 35.4. The standard InChI is InChI=1S/C36H45FN4O6/c1-24-21-41(25(2)23-42)35(44)31-20-30(38-34(43)27-11-6-5-7-12-27)17-18-32(31)47-26(3)10-8-9-19-46-33(24)22-40(4)36(45)39-29-15-13-28(37)14-16-29/h5-7,11-18,20,24-26,33,42H,8-10,19,21-23H2,1-4H3,(H,38,43)(H,39,45)/t24-,25-,26-,33-/m1/s1. The first-order valence-corrected chi connectivity index (χ1v) is 16.0. The van der Waals surface area contributed by atoms with Crippen molar-refractivity contribution in [2.45, 2.75) is 58.3 Å². The predicted molar refractivity (Wildman–Crippen MR) is 179 cm³/mol. The molecule has 4 rings (SSSR count). The minimum atomic E-state index is -0.550. The molecule has 0 saturated carbocycles. The number of benzene rings is 3. The van der Waals surface area contributed by atoms with Gasteiger partial charge >= 0.3 is 6.03 Å². The van der Waals surface area contributed by atoms with Crippen molar-refractivity contribution in [2.24, 2.45) is 5.92 Å². The lowest BCUT2D eigenvalue weighted by Crippen LogP contribution is -2.48. The van der Waals surface area contributed by atoms with Gasteiger partial charge in [0.15, 0.2) is 0 Å². The fourth-order valence-electron chi connectivity index (χ4n) is 5.36. The van der Waals surface area contributed by atoms with Crippen LogP contribution in [0, 0.1) is 11.7 Å². The van der Waals surface area contributed by atoms with Crippen molar-refractivity contribution in [1.29, 1.82) is 0 Å². The van der Waals surface area contributed by atoms with Gasteiger partial charge in [0.25, 0.3) is 11.8 Å². The van der Waals surface area contributed by atoms with Crippen LogP contribution < -0.4 is 15.4 Å². The second kappa shape index (κ2) is 16.9.